The lowest BCUT2D eigenvalue weighted by molar-refractivity contribution is 0.0996. The molecule has 18 heavy (non-hydrogen) atoms. The normalized spacial score (nSPS) is 10.1. The molecule has 1 heterocycles. The summed E-state index contributed by atoms with van der Waals surface area (Å²) in [7, 11) is 0. The summed E-state index contributed by atoms with van der Waals surface area (Å²) in [6.07, 6.45) is 0. The SMILES string of the molecule is N#Cc1cc(Cl)c(-c2n[nH]nc2C(N)=O)c(Cl)c1. The molecule has 1 aromatic carbocycles. The van der Waals surface area contributed by atoms with Crippen molar-refractivity contribution in [1.82, 2.24) is 15.4 Å². The molecule has 90 valence electrons. The van der Waals surface area contributed by atoms with Gasteiger partial charge in [-0.25, -0.2) is 0 Å². The van der Waals surface area contributed by atoms with Crippen LogP contribution in [0.5, 0.6) is 0 Å². The Morgan fingerprint density at radius 2 is 1.94 bits per heavy atom. The number of benzene rings is 1. The van der Waals surface area contributed by atoms with Crippen LogP contribution in [0.4, 0.5) is 0 Å². The maximum atomic E-state index is 11.2. The van der Waals surface area contributed by atoms with Gasteiger partial charge in [-0.1, -0.05) is 23.2 Å². The first kappa shape index (κ1) is 12.4. The summed E-state index contributed by atoms with van der Waals surface area (Å²) in [5.74, 6) is -0.754. The van der Waals surface area contributed by atoms with Gasteiger partial charge in [0.15, 0.2) is 5.69 Å². The first-order valence-corrected chi connectivity index (χ1v) is 5.40. The van der Waals surface area contributed by atoms with Gasteiger partial charge in [-0.3, -0.25) is 4.79 Å². The second-order valence-electron chi connectivity index (χ2n) is 3.31. The number of nitrogens with two attached hydrogens (primary N) is 1. The molecule has 2 aromatic rings. The van der Waals surface area contributed by atoms with Crippen LogP contribution >= 0.6 is 23.2 Å². The van der Waals surface area contributed by atoms with Gasteiger partial charge in [-0.05, 0) is 12.1 Å². The highest BCUT2D eigenvalue weighted by Crippen LogP contribution is 2.35. The van der Waals surface area contributed by atoms with Crippen LogP contribution in [0, 0.1) is 11.3 Å². The lowest BCUT2D eigenvalue weighted by Crippen LogP contribution is -2.13. The Morgan fingerprint density at radius 3 is 2.44 bits per heavy atom. The first-order valence-electron chi connectivity index (χ1n) is 4.64. The summed E-state index contributed by atoms with van der Waals surface area (Å²) in [6.45, 7) is 0. The second-order valence-corrected chi connectivity index (χ2v) is 4.13. The molecule has 0 aliphatic carbocycles. The number of amides is 1. The van der Waals surface area contributed by atoms with Crippen LogP contribution < -0.4 is 5.73 Å². The van der Waals surface area contributed by atoms with Crippen molar-refractivity contribution in [2.45, 2.75) is 0 Å². The van der Waals surface area contributed by atoms with Crippen molar-refractivity contribution in [2.75, 3.05) is 0 Å². The predicted octanol–water partition coefficient (Wildman–Crippen LogP) is 1.75. The van der Waals surface area contributed by atoms with Crippen LogP contribution in [0.25, 0.3) is 11.3 Å². The minimum atomic E-state index is -0.754. The number of carbonyl (C=O) groups excluding carboxylic acids is 1. The average molecular weight is 282 g/mol. The number of rotatable bonds is 2. The molecule has 1 aromatic heterocycles. The maximum absolute atomic E-state index is 11.2. The van der Waals surface area contributed by atoms with Crippen LogP contribution in [0.1, 0.15) is 16.1 Å². The molecule has 0 aliphatic heterocycles. The molecule has 1 amide bonds. The summed E-state index contributed by atoms with van der Waals surface area (Å²) >= 11 is 12.0. The fourth-order valence-electron chi connectivity index (χ4n) is 1.44. The van der Waals surface area contributed by atoms with E-state index in [0.29, 0.717) is 11.1 Å². The van der Waals surface area contributed by atoms with Crippen LogP contribution in [0.2, 0.25) is 10.0 Å². The third kappa shape index (κ3) is 2.01. The van der Waals surface area contributed by atoms with Crippen molar-refractivity contribution < 1.29 is 4.79 Å². The Balaban J connectivity index is 2.69. The van der Waals surface area contributed by atoms with Crippen LogP contribution in [0.3, 0.4) is 0 Å². The molecule has 2 rings (SSSR count). The fourth-order valence-corrected chi connectivity index (χ4v) is 2.11. The molecular formula is C10H5Cl2N5O. The number of hydrogen-bond donors (Lipinski definition) is 2. The van der Waals surface area contributed by atoms with E-state index in [1.165, 1.54) is 12.1 Å². The highest BCUT2D eigenvalue weighted by Gasteiger charge is 2.20. The van der Waals surface area contributed by atoms with E-state index < -0.39 is 5.91 Å². The number of nitrogens with zero attached hydrogens (tertiary/aromatic N) is 3. The molecule has 0 bridgehead atoms. The maximum Gasteiger partial charge on any atom is 0.271 e. The lowest BCUT2D eigenvalue weighted by Gasteiger charge is -2.05. The molecule has 6 nitrogen and oxygen atoms in total. The number of carbonyl (C=O) groups is 1. The second kappa shape index (κ2) is 4.64. The van der Waals surface area contributed by atoms with Gasteiger partial charge in [-0.15, -0.1) is 0 Å². The van der Waals surface area contributed by atoms with E-state index in [-0.39, 0.29) is 21.4 Å². The van der Waals surface area contributed by atoms with Gasteiger partial charge in [-0.2, -0.15) is 20.7 Å². The van der Waals surface area contributed by atoms with Crippen molar-refractivity contribution in [2.24, 2.45) is 5.73 Å². The Kier molecular flexibility index (Phi) is 3.19. The molecule has 3 N–H and O–H groups in total. The summed E-state index contributed by atoms with van der Waals surface area (Å²) in [5.41, 5.74) is 5.85. The van der Waals surface area contributed by atoms with Gasteiger partial charge in [0.2, 0.25) is 0 Å². The largest absolute Gasteiger partial charge is 0.364 e. The van der Waals surface area contributed by atoms with E-state index in [4.69, 9.17) is 34.2 Å². The summed E-state index contributed by atoms with van der Waals surface area (Å²) < 4.78 is 0. The molecule has 0 saturated heterocycles. The van der Waals surface area contributed by atoms with Crippen molar-refractivity contribution >= 4 is 29.1 Å². The van der Waals surface area contributed by atoms with Crippen molar-refractivity contribution in [3.8, 4) is 17.3 Å². The predicted molar refractivity (Wildman–Crippen MR) is 65.1 cm³/mol. The van der Waals surface area contributed by atoms with Crippen LogP contribution in [-0.4, -0.2) is 21.3 Å². The van der Waals surface area contributed by atoms with Crippen molar-refractivity contribution in [3.63, 3.8) is 0 Å². The molecule has 0 aliphatic rings. The number of H-pyrrole nitrogens is 1. The van der Waals surface area contributed by atoms with E-state index in [1.54, 1.807) is 0 Å². The summed E-state index contributed by atoms with van der Waals surface area (Å²) in [6, 6.07) is 4.75. The first-order chi connectivity index (χ1) is 8.54. The number of nitrogens with one attached hydrogen (secondary N) is 1. The van der Waals surface area contributed by atoms with Gasteiger partial charge in [0, 0.05) is 5.56 Å². The quantitative estimate of drug-likeness (QED) is 0.874. The zero-order valence-corrected chi connectivity index (χ0v) is 10.2. The molecule has 8 heteroatoms. The number of halogens is 2. The molecule has 0 fully saturated rings. The van der Waals surface area contributed by atoms with E-state index in [1.807, 2.05) is 6.07 Å². The smallest absolute Gasteiger partial charge is 0.271 e. The van der Waals surface area contributed by atoms with Gasteiger partial charge in [0.1, 0.15) is 5.69 Å². The lowest BCUT2D eigenvalue weighted by atomic mass is 10.1. The molecular weight excluding hydrogens is 277 g/mol. The number of aromatic amines is 1. The Labute approximate surface area is 111 Å². The van der Waals surface area contributed by atoms with Crippen molar-refractivity contribution in [3.05, 3.63) is 33.4 Å². The highest BCUT2D eigenvalue weighted by molar-refractivity contribution is 6.39. The van der Waals surface area contributed by atoms with Crippen molar-refractivity contribution in [1.29, 1.82) is 5.26 Å². The highest BCUT2D eigenvalue weighted by atomic mass is 35.5. The standard InChI is InChI=1S/C10H5Cl2N5O/c11-5-1-4(3-13)2-6(12)7(5)8-9(10(14)18)16-17-15-8/h1-2H,(H2,14,18)(H,15,16,17). The number of aromatic nitrogens is 3. The van der Waals surface area contributed by atoms with E-state index in [2.05, 4.69) is 15.4 Å². The minimum Gasteiger partial charge on any atom is -0.364 e. The third-order valence-corrected chi connectivity index (χ3v) is 2.79. The monoisotopic (exact) mass is 281 g/mol. The molecule has 0 saturated carbocycles. The number of nitriles is 1. The van der Waals surface area contributed by atoms with Gasteiger partial charge < -0.3 is 5.73 Å². The Morgan fingerprint density at radius 1 is 1.33 bits per heavy atom. The van der Waals surface area contributed by atoms with Gasteiger partial charge in [0.05, 0.1) is 21.7 Å². The zero-order valence-electron chi connectivity index (χ0n) is 8.74. The zero-order chi connectivity index (χ0) is 13.3. The van der Waals surface area contributed by atoms with Crippen LogP contribution in [-0.2, 0) is 0 Å². The number of hydrogen-bond acceptors (Lipinski definition) is 4. The van der Waals surface area contributed by atoms with Crippen LogP contribution in [0.15, 0.2) is 12.1 Å². The Hall–Kier alpha value is -2.10. The average Bonchev–Trinajstić information content (AvgIpc) is 2.77. The Bertz CT molecular complexity index is 650. The summed E-state index contributed by atoms with van der Waals surface area (Å²) in [4.78, 5) is 11.2. The molecule has 0 radical (unpaired) electrons. The van der Waals surface area contributed by atoms with E-state index >= 15 is 0 Å². The number of primary amides is 1. The fraction of sp³-hybridized carbons (Fsp3) is 0. The summed E-state index contributed by atoms with van der Waals surface area (Å²) in [5, 5.41) is 18.9. The molecule has 0 spiro atoms. The van der Waals surface area contributed by atoms with E-state index in [0.717, 1.165) is 0 Å². The molecule has 0 unspecified atom stereocenters. The van der Waals surface area contributed by atoms with E-state index in [9.17, 15) is 4.79 Å². The van der Waals surface area contributed by atoms with Gasteiger partial charge in [0.25, 0.3) is 5.91 Å². The third-order valence-electron chi connectivity index (χ3n) is 2.19. The topological polar surface area (TPSA) is 108 Å². The molecule has 0 atom stereocenters. The van der Waals surface area contributed by atoms with Gasteiger partial charge >= 0.3 is 0 Å². The minimum absolute atomic E-state index is 0.0662.